The van der Waals surface area contributed by atoms with Gasteiger partial charge in [0.25, 0.3) is 0 Å². The van der Waals surface area contributed by atoms with Gasteiger partial charge >= 0.3 is 0 Å². The molecule has 4 rings (SSSR count). The minimum Gasteiger partial charge on any atom is -0.490 e. The van der Waals surface area contributed by atoms with Gasteiger partial charge in [0.1, 0.15) is 11.9 Å². The zero-order chi connectivity index (χ0) is 25.3. The molecule has 3 heterocycles. The van der Waals surface area contributed by atoms with Gasteiger partial charge < -0.3 is 33.8 Å². The van der Waals surface area contributed by atoms with Crippen LogP contribution in [0.5, 0.6) is 5.75 Å². The van der Waals surface area contributed by atoms with Gasteiger partial charge in [0.15, 0.2) is 0 Å². The number of carbonyl (C=O) groups is 2. The number of nitrogens with zero attached hydrogens (tertiary/aromatic N) is 2. The summed E-state index contributed by atoms with van der Waals surface area (Å²) < 4.78 is 28.1. The standard InChI is InChI=1S/C25H38FN3O5Si/c1-16-24(33-2)19-12-17(29-11-9-27-14-23(29)32)7-8-20(19)34-25(16)21(35(3,4)26)13-22(31)28-10-5-6-18(28)15-30/h7-8,12,16,18,21,24-25,27,30H,5-6,9-11,13-15H2,1-4H3/t16-,18-,21?,24-,25-/m0/s1. The SMILES string of the molecule is CO[C@@H]1c2cc(N3CCNCC3=O)ccc2O[C@H](C(CC(=O)N2CCC[C@H]2CO)[Si](C)(C)F)[C@H]1C. The molecule has 0 aromatic heterocycles. The first-order chi connectivity index (χ1) is 16.7. The Morgan fingerprint density at radius 1 is 1.37 bits per heavy atom. The van der Waals surface area contributed by atoms with Crippen molar-refractivity contribution in [2.75, 3.05) is 44.8 Å². The Morgan fingerprint density at radius 3 is 2.80 bits per heavy atom. The number of hydrogen-bond acceptors (Lipinski definition) is 6. The van der Waals surface area contributed by atoms with E-state index in [0.717, 1.165) is 30.6 Å². The smallest absolute Gasteiger partial charge is 0.248 e. The molecule has 2 saturated heterocycles. The molecule has 5 atom stereocenters. The maximum absolute atomic E-state index is 15.7. The molecule has 1 unspecified atom stereocenters. The van der Waals surface area contributed by atoms with Crippen LogP contribution in [0.4, 0.5) is 9.80 Å². The second-order valence-corrected chi connectivity index (χ2v) is 14.4. The van der Waals surface area contributed by atoms with Crippen LogP contribution in [0.2, 0.25) is 18.6 Å². The molecule has 2 amide bonds. The summed E-state index contributed by atoms with van der Waals surface area (Å²) in [5.74, 6) is 0.304. The van der Waals surface area contributed by atoms with E-state index in [2.05, 4.69) is 5.32 Å². The number of methoxy groups -OCH3 is 1. The van der Waals surface area contributed by atoms with E-state index < -0.39 is 20.1 Å². The molecular formula is C25H38FN3O5Si. The molecule has 2 fully saturated rings. The summed E-state index contributed by atoms with van der Waals surface area (Å²) in [6.45, 7) is 7.39. The first-order valence-electron chi connectivity index (χ1n) is 12.6. The van der Waals surface area contributed by atoms with E-state index >= 15 is 4.11 Å². The topological polar surface area (TPSA) is 91.3 Å². The van der Waals surface area contributed by atoms with Crippen LogP contribution in [-0.2, 0) is 14.3 Å². The Kier molecular flexibility index (Phi) is 7.85. The number of hydrogen-bond donors (Lipinski definition) is 2. The Bertz CT molecular complexity index is 942. The molecule has 1 aromatic carbocycles. The predicted molar refractivity (Wildman–Crippen MR) is 134 cm³/mol. The van der Waals surface area contributed by atoms with Gasteiger partial charge in [-0.2, -0.15) is 0 Å². The molecule has 0 saturated carbocycles. The fourth-order valence-electron chi connectivity index (χ4n) is 5.82. The van der Waals surface area contributed by atoms with E-state index in [1.807, 2.05) is 25.1 Å². The summed E-state index contributed by atoms with van der Waals surface area (Å²) in [7, 11) is -1.69. The number of aliphatic hydroxyl groups is 1. The van der Waals surface area contributed by atoms with Gasteiger partial charge in [-0.05, 0) is 44.1 Å². The third-order valence-electron chi connectivity index (χ3n) is 7.79. The minimum atomic E-state index is -3.32. The van der Waals surface area contributed by atoms with Gasteiger partial charge in [-0.25, -0.2) is 0 Å². The van der Waals surface area contributed by atoms with Crippen molar-refractivity contribution >= 4 is 25.9 Å². The number of amides is 2. The van der Waals surface area contributed by atoms with Gasteiger partial charge in [-0.3, -0.25) is 9.59 Å². The summed E-state index contributed by atoms with van der Waals surface area (Å²) in [6.07, 6.45) is 0.806. The highest BCUT2D eigenvalue weighted by atomic mass is 28.4. The lowest BCUT2D eigenvalue weighted by atomic mass is 9.86. The Morgan fingerprint density at radius 2 is 2.14 bits per heavy atom. The second-order valence-electron chi connectivity index (χ2n) is 10.5. The lowest BCUT2D eigenvalue weighted by molar-refractivity contribution is -0.133. The molecule has 194 valence electrons. The number of carbonyl (C=O) groups excluding carboxylic acids is 2. The van der Waals surface area contributed by atoms with Gasteiger partial charge in [0.05, 0.1) is 25.3 Å². The number of anilines is 1. The zero-order valence-corrected chi connectivity index (χ0v) is 22.1. The first-order valence-corrected chi connectivity index (χ1v) is 15.5. The Balaban J connectivity index is 1.61. The number of aliphatic hydroxyl groups excluding tert-OH is 1. The van der Waals surface area contributed by atoms with Crippen LogP contribution in [0.15, 0.2) is 18.2 Å². The van der Waals surface area contributed by atoms with Crippen molar-refractivity contribution in [2.45, 2.75) is 63.1 Å². The molecule has 35 heavy (non-hydrogen) atoms. The van der Waals surface area contributed by atoms with Crippen LogP contribution in [-0.4, -0.2) is 82.3 Å². The van der Waals surface area contributed by atoms with Crippen LogP contribution in [0.1, 0.15) is 37.9 Å². The fourth-order valence-corrected chi connectivity index (χ4v) is 7.63. The molecule has 0 aliphatic carbocycles. The number of halogens is 1. The number of fused-ring (bicyclic) bond motifs is 1. The highest BCUT2D eigenvalue weighted by molar-refractivity contribution is 6.72. The van der Waals surface area contributed by atoms with Crippen molar-refractivity contribution in [3.63, 3.8) is 0 Å². The summed E-state index contributed by atoms with van der Waals surface area (Å²) in [6, 6.07) is 5.44. The van der Waals surface area contributed by atoms with Crippen molar-refractivity contribution < 1.29 is 28.3 Å². The maximum atomic E-state index is 15.7. The highest BCUT2D eigenvalue weighted by Gasteiger charge is 2.49. The van der Waals surface area contributed by atoms with E-state index in [4.69, 9.17) is 9.47 Å². The predicted octanol–water partition coefficient (Wildman–Crippen LogP) is 2.63. The lowest BCUT2D eigenvalue weighted by Crippen LogP contribution is -2.49. The van der Waals surface area contributed by atoms with E-state index in [-0.39, 0.29) is 42.9 Å². The van der Waals surface area contributed by atoms with Crippen molar-refractivity contribution in [1.82, 2.24) is 10.2 Å². The average molecular weight is 508 g/mol. The zero-order valence-electron chi connectivity index (χ0n) is 21.1. The van der Waals surface area contributed by atoms with E-state index in [1.165, 1.54) is 0 Å². The van der Waals surface area contributed by atoms with E-state index in [9.17, 15) is 14.7 Å². The quantitative estimate of drug-likeness (QED) is 0.436. The number of ether oxygens (including phenoxy) is 2. The number of benzene rings is 1. The molecule has 0 spiro atoms. The molecule has 2 N–H and O–H groups in total. The van der Waals surface area contributed by atoms with Crippen LogP contribution in [0.25, 0.3) is 0 Å². The van der Waals surface area contributed by atoms with Crippen molar-refractivity contribution in [2.24, 2.45) is 5.92 Å². The monoisotopic (exact) mass is 507 g/mol. The third kappa shape index (κ3) is 5.25. The van der Waals surface area contributed by atoms with E-state index in [0.29, 0.717) is 25.4 Å². The lowest BCUT2D eigenvalue weighted by Gasteiger charge is -2.43. The van der Waals surface area contributed by atoms with Gasteiger partial charge in [-0.15, -0.1) is 0 Å². The maximum Gasteiger partial charge on any atom is 0.248 e. The first kappa shape index (κ1) is 26.1. The molecule has 0 bridgehead atoms. The average Bonchev–Trinajstić information content (AvgIpc) is 3.31. The molecule has 3 aliphatic rings. The molecule has 8 nitrogen and oxygen atoms in total. The summed E-state index contributed by atoms with van der Waals surface area (Å²) >= 11 is 0. The molecule has 3 aliphatic heterocycles. The van der Waals surface area contributed by atoms with Crippen molar-refractivity contribution in [1.29, 1.82) is 0 Å². The van der Waals surface area contributed by atoms with Gasteiger partial charge in [0, 0.05) is 55.9 Å². The van der Waals surface area contributed by atoms with Crippen LogP contribution >= 0.6 is 0 Å². The van der Waals surface area contributed by atoms with Crippen LogP contribution in [0.3, 0.4) is 0 Å². The largest absolute Gasteiger partial charge is 0.490 e. The number of rotatable bonds is 7. The number of piperazine rings is 1. The minimum absolute atomic E-state index is 0.0136. The fraction of sp³-hybridized carbons (Fsp3) is 0.680. The molecular weight excluding hydrogens is 469 g/mol. The van der Waals surface area contributed by atoms with Crippen LogP contribution in [0, 0.1) is 5.92 Å². The molecule has 0 radical (unpaired) electrons. The Hall–Kier alpha value is -2.01. The molecule has 10 heteroatoms. The summed E-state index contributed by atoms with van der Waals surface area (Å²) in [5.41, 5.74) is 1.07. The number of nitrogens with one attached hydrogen (secondary N) is 1. The number of likely N-dealkylation sites (tertiary alicyclic amines) is 1. The summed E-state index contributed by atoms with van der Waals surface area (Å²) in [4.78, 5) is 29.1. The third-order valence-corrected chi connectivity index (χ3v) is 10.1. The normalized spacial score (nSPS) is 28.0. The second kappa shape index (κ2) is 10.5. The van der Waals surface area contributed by atoms with Gasteiger partial charge in [-0.1, -0.05) is 6.92 Å². The summed E-state index contributed by atoms with van der Waals surface area (Å²) in [5, 5.41) is 12.7. The highest BCUT2D eigenvalue weighted by Crippen LogP contribution is 2.48. The van der Waals surface area contributed by atoms with E-state index in [1.54, 1.807) is 30.0 Å². The van der Waals surface area contributed by atoms with Gasteiger partial charge in [0.2, 0.25) is 20.2 Å². The van der Waals surface area contributed by atoms with Crippen molar-refractivity contribution in [3.05, 3.63) is 23.8 Å². The van der Waals surface area contributed by atoms with Crippen LogP contribution < -0.4 is 15.0 Å². The molecule has 1 aromatic rings. The van der Waals surface area contributed by atoms with Crippen molar-refractivity contribution in [3.8, 4) is 5.75 Å². The Labute approximate surface area is 207 Å².